The predicted octanol–water partition coefficient (Wildman–Crippen LogP) is 11.4. The third kappa shape index (κ3) is 14.2. The van der Waals surface area contributed by atoms with E-state index < -0.39 is 68.1 Å². The smallest absolute Gasteiger partial charge is 0.192 e. The Morgan fingerprint density at radius 2 is 0.891 bits per heavy atom. The molecule has 2 aliphatic rings. The van der Waals surface area contributed by atoms with E-state index in [2.05, 4.69) is 102 Å². The van der Waals surface area contributed by atoms with Gasteiger partial charge in [0.2, 0.25) is 0 Å². The van der Waals surface area contributed by atoms with E-state index in [0.717, 1.165) is 16.7 Å². The molecule has 13 heteroatoms. The van der Waals surface area contributed by atoms with E-state index in [4.69, 9.17) is 41.7 Å². The molecule has 0 amide bonds. The molecule has 0 aliphatic carbocycles. The van der Waals surface area contributed by atoms with Crippen molar-refractivity contribution in [1.29, 1.82) is 0 Å². The molecular formula is C51H82O10Si3. The summed E-state index contributed by atoms with van der Waals surface area (Å²) >= 11 is 0. The van der Waals surface area contributed by atoms with Crippen molar-refractivity contribution in [3.63, 3.8) is 0 Å². The average Bonchev–Trinajstić information content (AvgIpc) is 3.21. The standard InChI is InChI=1S/C51H82O10Si3/c1-49(2,3)62(10,11)57-36-42-44(61-64(14,15)51(7,8)9)40(60-63(12,13)50(4,5)6)31-43(58-42)53-35-41-45(54-32-37-25-19-16-20-26-37)46(55-33-38-27-21-17-22-28-38)47(48(52)59-41)56-34-39-29-23-18-24-30-39/h16-30,40-48,52H,31-36H2,1-15H3/t40-,41?,42?,43+,44-,45-,46?,47?,48+/m1/s1. The van der Waals surface area contributed by atoms with Gasteiger partial charge in [0.05, 0.1) is 45.2 Å². The molecule has 5 rings (SSSR count). The van der Waals surface area contributed by atoms with E-state index in [-0.39, 0.29) is 47.1 Å². The molecule has 2 fully saturated rings. The molecule has 358 valence electrons. The maximum absolute atomic E-state index is 11.8. The number of benzene rings is 3. The second kappa shape index (κ2) is 21.9. The summed E-state index contributed by atoms with van der Waals surface area (Å²) in [6, 6.07) is 29.9. The summed E-state index contributed by atoms with van der Waals surface area (Å²) in [7, 11) is -6.85. The molecule has 4 unspecified atom stereocenters. The van der Waals surface area contributed by atoms with Crippen LogP contribution < -0.4 is 0 Å². The molecule has 3 aromatic rings. The van der Waals surface area contributed by atoms with Crippen LogP contribution in [0.25, 0.3) is 0 Å². The minimum absolute atomic E-state index is 0.000103. The predicted molar refractivity (Wildman–Crippen MR) is 262 cm³/mol. The van der Waals surface area contributed by atoms with Crippen LogP contribution in [0.1, 0.15) is 85.4 Å². The summed E-state index contributed by atoms with van der Waals surface area (Å²) in [5.41, 5.74) is 2.95. The van der Waals surface area contributed by atoms with Crippen molar-refractivity contribution in [2.45, 2.75) is 198 Å². The number of aliphatic hydroxyl groups excluding tert-OH is 1. The van der Waals surface area contributed by atoms with Crippen molar-refractivity contribution in [2.75, 3.05) is 13.2 Å². The van der Waals surface area contributed by atoms with Gasteiger partial charge in [0.15, 0.2) is 37.5 Å². The summed E-state index contributed by atoms with van der Waals surface area (Å²) in [5.74, 6) is 0. The first-order chi connectivity index (χ1) is 29.8. The van der Waals surface area contributed by atoms with Gasteiger partial charge in [-0.25, -0.2) is 0 Å². The van der Waals surface area contributed by atoms with Gasteiger partial charge in [0.1, 0.15) is 30.5 Å². The van der Waals surface area contributed by atoms with Crippen molar-refractivity contribution >= 4 is 25.0 Å². The number of hydrogen-bond acceptors (Lipinski definition) is 10. The fourth-order valence-corrected chi connectivity index (χ4v) is 10.8. The molecular weight excluding hydrogens is 857 g/mol. The van der Waals surface area contributed by atoms with Gasteiger partial charge in [-0.2, -0.15) is 0 Å². The van der Waals surface area contributed by atoms with Crippen LogP contribution in [0.5, 0.6) is 0 Å². The van der Waals surface area contributed by atoms with E-state index in [9.17, 15) is 5.11 Å². The Morgan fingerprint density at radius 3 is 1.34 bits per heavy atom. The Balaban J connectivity index is 1.48. The van der Waals surface area contributed by atoms with Crippen LogP contribution in [-0.2, 0) is 61.5 Å². The van der Waals surface area contributed by atoms with E-state index in [1.165, 1.54) is 0 Å². The SMILES string of the molecule is CC(C)(C)[Si](C)(C)OCC1O[C@H](OCC2O[C@H](O)C(OCc3ccccc3)C(OCc3ccccc3)[C@@H]2OCc2ccccc2)C[C@@H](O[Si](C)(C)C(C)(C)C)[C@H]1O[Si](C)(C)C(C)(C)C. The summed E-state index contributed by atoms with van der Waals surface area (Å²) in [6.45, 7) is 35.3. The monoisotopic (exact) mass is 939 g/mol. The van der Waals surface area contributed by atoms with Crippen LogP contribution in [0.4, 0.5) is 0 Å². The van der Waals surface area contributed by atoms with E-state index in [0.29, 0.717) is 19.6 Å². The van der Waals surface area contributed by atoms with Crippen LogP contribution in [0.3, 0.4) is 0 Å². The van der Waals surface area contributed by atoms with Crippen molar-refractivity contribution in [2.24, 2.45) is 0 Å². The molecule has 2 aliphatic heterocycles. The number of ether oxygens (including phenoxy) is 6. The Bertz CT molecular complexity index is 1830. The van der Waals surface area contributed by atoms with Gasteiger partial charge in [-0.15, -0.1) is 0 Å². The first kappa shape index (κ1) is 52.9. The van der Waals surface area contributed by atoms with Crippen molar-refractivity contribution < 1.29 is 46.8 Å². The first-order valence-corrected chi connectivity index (χ1v) is 32.1. The Hall–Kier alpha value is -2.09. The second-order valence-corrected chi connectivity index (χ2v) is 36.7. The van der Waals surface area contributed by atoms with Crippen LogP contribution in [0.2, 0.25) is 54.4 Å². The molecule has 0 bridgehead atoms. The highest BCUT2D eigenvalue weighted by molar-refractivity contribution is 6.75. The van der Waals surface area contributed by atoms with E-state index >= 15 is 0 Å². The van der Waals surface area contributed by atoms with Gasteiger partial charge in [0, 0.05) is 6.42 Å². The molecule has 0 radical (unpaired) electrons. The molecule has 0 saturated carbocycles. The van der Waals surface area contributed by atoms with Crippen molar-refractivity contribution in [3.05, 3.63) is 108 Å². The topological polar surface area (TPSA) is 103 Å². The third-order valence-electron chi connectivity index (χ3n) is 14.3. The lowest BCUT2D eigenvalue weighted by Crippen LogP contribution is -2.62. The molecule has 64 heavy (non-hydrogen) atoms. The highest BCUT2D eigenvalue weighted by Gasteiger charge is 2.52. The number of rotatable bonds is 19. The van der Waals surface area contributed by atoms with Gasteiger partial charge < -0.3 is 46.8 Å². The zero-order chi connectivity index (χ0) is 47.1. The van der Waals surface area contributed by atoms with Crippen LogP contribution in [-0.4, -0.2) is 98.6 Å². The third-order valence-corrected chi connectivity index (χ3v) is 27.8. The van der Waals surface area contributed by atoms with Crippen molar-refractivity contribution in [3.8, 4) is 0 Å². The Morgan fingerprint density at radius 1 is 0.484 bits per heavy atom. The minimum Gasteiger partial charge on any atom is -0.414 e. The highest BCUT2D eigenvalue weighted by Crippen LogP contribution is 2.44. The van der Waals surface area contributed by atoms with Crippen molar-refractivity contribution in [1.82, 2.24) is 0 Å². The fourth-order valence-electron chi connectivity index (χ4n) is 7.08. The average molecular weight is 939 g/mol. The minimum atomic E-state index is -2.33. The molecule has 3 aromatic carbocycles. The molecule has 2 heterocycles. The van der Waals surface area contributed by atoms with Crippen LogP contribution in [0, 0.1) is 0 Å². The molecule has 9 atom stereocenters. The van der Waals surface area contributed by atoms with Crippen LogP contribution >= 0.6 is 0 Å². The zero-order valence-corrected chi connectivity index (χ0v) is 44.7. The Kier molecular flexibility index (Phi) is 18.1. The van der Waals surface area contributed by atoms with Gasteiger partial charge >= 0.3 is 0 Å². The number of aliphatic hydroxyl groups is 1. The maximum Gasteiger partial charge on any atom is 0.192 e. The lowest BCUT2D eigenvalue weighted by Gasteiger charge is -2.51. The molecule has 10 nitrogen and oxygen atoms in total. The van der Waals surface area contributed by atoms with Gasteiger partial charge in [-0.1, -0.05) is 153 Å². The molecule has 1 N–H and O–H groups in total. The molecule has 0 aromatic heterocycles. The van der Waals surface area contributed by atoms with Gasteiger partial charge in [-0.05, 0) is 71.1 Å². The maximum atomic E-state index is 11.8. The Labute approximate surface area is 389 Å². The van der Waals surface area contributed by atoms with Gasteiger partial charge in [-0.3, -0.25) is 0 Å². The zero-order valence-electron chi connectivity index (χ0n) is 41.7. The lowest BCUT2D eigenvalue weighted by atomic mass is 9.97. The molecule has 0 spiro atoms. The fraction of sp³-hybridized carbons (Fsp3) is 0.647. The summed E-state index contributed by atoms with van der Waals surface area (Å²) < 4.78 is 62.0. The normalized spacial score (nSPS) is 26.5. The second-order valence-electron chi connectivity index (χ2n) is 22.4. The van der Waals surface area contributed by atoms with Gasteiger partial charge in [0.25, 0.3) is 0 Å². The highest BCUT2D eigenvalue weighted by atomic mass is 28.4. The number of hydrogen-bond donors (Lipinski definition) is 1. The summed E-state index contributed by atoms with van der Waals surface area (Å²) in [4.78, 5) is 0. The van der Waals surface area contributed by atoms with E-state index in [1.54, 1.807) is 0 Å². The largest absolute Gasteiger partial charge is 0.414 e. The van der Waals surface area contributed by atoms with E-state index in [1.807, 2.05) is 91.0 Å². The molecule has 2 saturated heterocycles. The lowest BCUT2D eigenvalue weighted by molar-refractivity contribution is -0.327. The summed E-state index contributed by atoms with van der Waals surface area (Å²) in [5, 5.41) is 11.7. The first-order valence-electron chi connectivity index (χ1n) is 23.3. The summed E-state index contributed by atoms with van der Waals surface area (Å²) in [6.07, 6.45) is -5.74. The van der Waals surface area contributed by atoms with Crippen LogP contribution in [0.15, 0.2) is 91.0 Å². The quantitative estimate of drug-likeness (QED) is 0.117.